The molecule has 2 saturated heterocycles. The van der Waals surface area contributed by atoms with Crippen molar-refractivity contribution in [3.05, 3.63) is 54.5 Å². The molecule has 0 aromatic carbocycles. The summed E-state index contributed by atoms with van der Waals surface area (Å²) >= 11 is 0. The largest absolute Gasteiger partial charge is 0.474 e. The first-order chi connectivity index (χ1) is 12.7. The molecule has 4 heterocycles. The first-order valence-corrected chi connectivity index (χ1v) is 9.16. The Labute approximate surface area is 153 Å². The molecule has 1 amide bonds. The second-order valence-electron chi connectivity index (χ2n) is 6.94. The fraction of sp³-hybridized carbons (Fsp3) is 0.450. The molecule has 1 atom stereocenters. The van der Waals surface area contributed by atoms with Crippen LogP contribution in [0.25, 0.3) is 0 Å². The monoisotopic (exact) mass is 353 g/mol. The molecular formula is C20H23N3O3. The summed E-state index contributed by atoms with van der Waals surface area (Å²) < 4.78 is 12.2. The van der Waals surface area contributed by atoms with Crippen molar-refractivity contribution >= 4 is 5.91 Å². The lowest BCUT2D eigenvalue weighted by molar-refractivity contribution is -0.135. The number of nitrogens with zero attached hydrogens (tertiary/aromatic N) is 3. The number of likely N-dealkylation sites (tertiary alicyclic amines) is 1. The average molecular weight is 353 g/mol. The van der Waals surface area contributed by atoms with E-state index in [1.54, 1.807) is 18.5 Å². The van der Waals surface area contributed by atoms with Gasteiger partial charge in [0.25, 0.3) is 5.91 Å². The molecule has 6 nitrogen and oxygen atoms in total. The SMILES string of the molecule is O=C(c1ccccn1)N1CCC2(CC1)CC(Oc1ccccn1)CCO2. The van der Waals surface area contributed by atoms with Gasteiger partial charge in [0, 0.05) is 44.4 Å². The molecule has 2 aliphatic heterocycles. The summed E-state index contributed by atoms with van der Waals surface area (Å²) in [6.07, 6.45) is 6.87. The molecule has 0 aliphatic carbocycles. The van der Waals surface area contributed by atoms with E-state index in [1.165, 1.54) is 0 Å². The summed E-state index contributed by atoms with van der Waals surface area (Å²) in [5.74, 6) is 0.662. The van der Waals surface area contributed by atoms with Crippen LogP contribution >= 0.6 is 0 Å². The fourth-order valence-corrected chi connectivity index (χ4v) is 3.79. The highest BCUT2D eigenvalue weighted by Gasteiger charge is 2.42. The van der Waals surface area contributed by atoms with E-state index in [0.29, 0.717) is 31.3 Å². The van der Waals surface area contributed by atoms with E-state index in [4.69, 9.17) is 9.47 Å². The van der Waals surface area contributed by atoms with Crippen molar-refractivity contribution in [1.82, 2.24) is 14.9 Å². The first kappa shape index (κ1) is 17.0. The van der Waals surface area contributed by atoms with Gasteiger partial charge in [-0.1, -0.05) is 12.1 Å². The number of ether oxygens (including phenoxy) is 2. The van der Waals surface area contributed by atoms with Gasteiger partial charge in [-0.05, 0) is 31.0 Å². The lowest BCUT2D eigenvalue weighted by Crippen LogP contribution is -2.52. The van der Waals surface area contributed by atoms with Gasteiger partial charge in [-0.3, -0.25) is 9.78 Å². The lowest BCUT2D eigenvalue weighted by atomic mass is 9.83. The second-order valence-corrected chi connectivity index (χ2v) is 6.94. The highest BCUT2D eigenvalue weighted by Crippen LogP contribution is 2.36. The third-order valence-corrected chi connectivity index (χ3v) is 5.22. The Bertz CT molecular complexity index is 730. The Hall–Kier alpha value is -2.47. The predicted octanol–water partition coefficient (Wildman–Crippen LogP) is 2.71. The summed E-state index contributed by atoms with van der Waals surface area (Å²) in [7, 11) is 0. The molecule has 26 heavy (non-hydrogen) atoms. The molecule has 0 radical (unpaired) electrons. The van der Waals surface area contributed by atoms with Gasteiger partial charge in [0.05, 0.1) is 12.2 Å². The maximum Gasteiger partial charge on any atom is 0.272 e. The molecule has 4 rings (SSSR count). The highest BCUT2D eigenvalue weighted by molar-refractivity contribution is 5.92. The van der Waals surface area contributed by atoms with Crippen molar-refractivity contribution < 1.29 is 14.3 Å². The van der Waals surface area contributed by atoms with Crippen LogP contribution in [0, 0.1) is 0 Å². The molecule has 0 N–H and O–H groups in total. The number of carbonyl (C=O) groups excluding carboxylic acids is 1. The van der Waals surface area contributed by atoms with E-state index in [1.807, 2.05) is 35.2 Å². The normalized spacial score (nSPS) is 22.2. The second kappa shape index (κ2) is 7.41. The maximum atomic E-state index is 12.6. The van der Waals surface area contributed by atoms with Crippen LogP contribution in [0.1, 0.15) is 36.2 Å². The Balaban J connectivity index is 1.36. The van der Waals surface area contributed by atoms with Gasteiger partial charge in [0.15, 0.2) is 0 Å². The quantitative estimate of drug-likeness (QED) is 0.849. The van der Waals surface area contributed by atoms with E-state index in [2.05, 4.69) is 9.97 Å². The fourth-order valence-electron chi connectivity index (χ4n) is 3.79. The van der Waals surface area contributed by atoms with Gasteiger partial charge < -0.3 is 14.4 Å². The van der Waals surface area contributed by atoms with Crippen LogP contribution in [0.3, 0.4) is 0 Å². The maximum absolute atomic E-state index is 12.6. The number of piperidine rings is 1. The van der Waals surface area contributed by atoms with Crippen molar-refractivity contribution in [2.75, 3.05) is 19.7 Å². The molecule has 1 spiro atoms. The molecule has 2 aromatic heterocycles. The van der Waals surface area contributed by atoms with Crippen molar-refractivity contribution in [1.29, 1.82) is 0 Å². The Morgan fingerprint density at radius 3 is 2.58 bits per heavy atom. The number of hydrogen-bond donors (Lipinski definition) is 0. The summed E-state index contributed by atoms with van der Waals surface area (Å²) in [6.45, 7) is 2.06. The summed E-state index contributed by atoms with van der Waals surface area (Å²) in [4.78, 5) is 22.9. The average Bonchev–Trinajstić information content (AvgIpc) is 2.70. The standard InChI is InChI=1S/C20H23N3O3/c24-19(17-5-1-3-10-21-17)23-12-8-20(9-13-23)15-16(7-14-25-20)26-18-6-2-4-11-22-18/h1-6,10-11,16H,7-9,12-15H2. The van der Waals surface area contributed by atoms with Crippen LogP contribution in [0.15, 0.2) is 48.8 Å². The van der Waals surface area contributed by atoms with Gasteiger partial charge in [-0.15, -0.1) is 0 Å². The summed E-state index contributed by atoms with van der Waals surface area (Å²) in [5, 5.41) is 0. The number of carbonyl (C=O) groups is 1. The molecule has 0 saturated carbocycles. The number of aromatic nitrogens is 2. The molecule has 0 bridgehead atoms. The molecule has 2 aliphatic rings. The smallest absolute Gasteiger partial charge is 0.272 e. The first-order valence-electron chi connectivity index (χ1n) is 9.16. The van der Waals surface area contributed by atoms with Crippen LogP contribution in [0.5, 0.6) is 5.88 Å². The number of hydrogen-bond acceptors (Lipinski definition) is 5. The van der Waals surface area contributed by atoms with E-state index >= 15 is 0 Å². The molecule has 6 heteroatoms. The Kier molecular flexibility index (Phi) is 4.84. The van der Waals surface area contributed by atoms with E-state index in [0.717, 1.165) is 25.7 Å². The Morgan fingerprint density at radius 2 is 1.88 bits per heavy atom. The number of pyridine rings is 2. The van der Waals surface area contributed by atoms with Crippen LogP contribution in [-0.4, -0.2) is 52.2 Å². The Morgan fingerprint density at radius 1 is 1.12 bits per heavy atom. The van der Waals surface area contributed by atoms with E-state index in [9.17, 15) is 4.79 Å². The number of amides is 1. The zero-order valence-electron chi connectivity index (χ0n) is 14.7. The highest BCUT2D eigenvalue weighted by atomic mass is 16.5. The van der Waals surface area contributed by atoms with Crippen molar-refractivity contribution in [2.24, 2.45) is 0 Å². The third-order valence-electron chi connectivity index (χ3n) is 5.22. The van der Waals surface area contributed by atoms with Gasteiger partial charge in [-0.2, -0.15) is 0 Å². The predicted molar refractivity (Wildman–Crippen MR) is 95.9 cm³/mol. The van der Waals surface area contributed by atoms with Crippen LogP contribution in [-0.2, 0) is 4.74 Å². The molecule has 136 valence electrons. The van der Waals surface area contributed by atoms with Crippen LogP contribution in [0.4, 0.5) is 0 Å². The third kappa shape index (κ3) is 3.70. The van der Waals surface area contributed by atoms with Crippen molar-refractivity contribution in [3.63, 3.8) is 0 Å². The topological polar surface area (TPSA) is 64.6 Å². The molecule has 2 fully saturated rings. The van der Waals surface area contributed by atoms with E-state index in [-0.39, 0.29) is 17.6 Å². The molecule has 2 aromatic rings. The van der Waals surface area contributed by atoms with Gasteiger partial charge >= 0.3 is 0 Å². The zero-order valence-corrected chi connectivity index (χ0v) is 14.7. The van der Waals surface area contributed by atoms with Crippen molar-refractivity contribution in [3.8, 4) is 5.88 Å². The van der Waals surface area contributed by atoms with Crippen molar-refractivity contribution in [2.45, 2.75) is 37.4 Å². The lowest BCUT2D eigenvalue weighted by Gasteiger charge is -2.45. The molecule has 1 unspecified atom stereocenters. The summed E-state index contributed by atoms with van der Waals surface area (Å²) in [6, 6.07) is 11.1. The summed E-state index contributed by atoms with van der Waals surface area (Å²) in [5.41, 5.74) is 0.308. The van der Waals surface area contributed by atoms with Gasteiger partial charge in [0.2, 0.25) is 5.88 Å². The minimum Gasteiger partial charge on any atom is -0.474 e. The van der Waals surface area contributed by atoms with Gasteiger partial charge in [0.1, 0.15) is 11.8 Å². The van der Waals surface area contributed by atoms with Crippen LogP contribution < -0.4 is 4.74 Å². The van der Waals surface area contributed by atoms with E-state index < -0.39 is 0 Å². The van der Waals surface area contributed by atoms with Gasteiger partial charge in [-0.25, -0.2) is 4.98 Å². The molecular weight excluding hydrogens is 330 g/mol. The minimum atomic E-state index is -0.196. The minimum absolute atomic E-state index is 0.00227. The number of rotatable bonds is 3. The zero-order chi connectivity index (χ0) is 17.8. The van der Waals surface area contributed by atoms with Crippen LogP contribution in [0.2, 0.25) is 0 Å².